The Morgan fingerprint density at radius 1 is 0.935 bits per heavy atom. The Hall–Kier alpha value is 0.203. The van der Waals surface area contributed by atoms with Crippen molar-refractivity contribution < 1.29 is 49.4 Å². The molecule has 0 N–H and O–H groups in total. The van der Waals surface area contributed by atoms with Crippen molar-refractivity contribution in [2.45, 2.75) is 19.4 Å². The van der Waals surface area contributed by atoms with Crippen LogP contribution in [0.2, 0.25) is 0 Å². The van der Waals surface area contributed by atoms with Crippen molar-refractivity contribution in [3.8, 4) is 0 Å². The third kappa shape index (κ3) is 8.82. The van der Waals surface area contributed by atoms with E-state index >= 15 is 0 Å². The van der Waals surface area contributed by atoms with Crippen LogP contribution in [0.4, 0.5) is 0 Å². The van der Waals surface area contributed by atoms with Gasteiger partial charge in [-0.3, -0.25) is 19.7 Å². The van der Waals surface area contributed by atoms with Gasteiger partial charge in [-0.2, -0.15) is 0 Å². The van der Waals surface area contributed by atoms with Crippen molar-refractivity contribution in [1.82, 2.24) is 14.7 Å². The molecule has 6 rings (SSSR count). The third-order valence-electron chi connectivity index (χ3n) is 5.22. The first-order chi connectivity index (χ1) is 13.7. The molecule has 7 radical (unpaired) electrons. The molecule has 0 unspecified atom stereocenters. The molecule has 4 aliphatic heterocycles. The van der Waals surface area contributed by atoms with Gasteiger partial charge in [-0.1, -0.05) is 38.3 Å². The molecule has 5 aliphatic rings. The summed E-state index contributed by atoms with van der Waals surface area (Å²) in [6.45, 7) is 5.68. The molecule has 9 heteroatoms. The second-order valence-electron chi connectivity index (χ2n) is 7.80. The van der Waals surface area contributed by atoms with Gasteiger partial charge in [0.15, 0.2) is 0 Å². The molecule has 0 aromatic heterocycles. The summed E-state index contributed by atoms with van der Waals surface area (Å²) in [5.74, 6) is 0.934. The van der Waals surface area contributed by atoms with Crippen molar-refractivity contribution in [3.63, 3.8) is 0 Å². The van der Waals surface area contributed by atoms with Gasteiger partial charge in [0, 0.05) is 18.9 Å². The van der Waals surface area contributed by atoms with Crippen molar-refractivity contribution >= 4 is 13.8 Å². The molecule has 1 aromatic rings. The van der Waals surface area contributed by atoms with Crippen molar-refractivity contribution in [2.75, 3.05) is 38.9 Å². The summed E-state index contributed by atoms with van der Waals surface area (Å²) < 4.78 is 0. The number of rotatable bonds is 4. The molecule has 0 amide bonds. The van der Waals surface area contributed by atoms with E-state index in [-0.39, 0.29) is 56.2 Å². The minimum atomic E-state index is -0.0811. The second-order valence-corrected chi connectivity index (χ2v) is 9.99. The fourth-order valence-electron chi connectivity index (χ4n) is 4.07. The normalized spacial score (nSPS) is 30.0. The van der Waals surface area contributed by atoms with E-state index in [1.807, 2.05) is 69.4 Å². The summed E-state index contributed by atoms with van der Waals surface area (Å²) in [5.41, 5.74) is 1.07. The van der Waals surface area contributed by atoms with Crippen LogP contribution < -0.4 is 29.9 Å². The van der Waals surface area contributed by atoms with Gasteiger partial charge in [-0.05, 0) is 62.8 Å². The zero-order valence-corrected chi connectivity index (χ0v) is 21.7. The van der Waals surface area contributed by atoms with E-state index in [9.17, 15) is 5.11 Å². The predicted molar refractivity (Wildman–Crippen MR) is 113 cm³/mol. The Labute approximate surface area is 214 Å². The van der Waals surface area contributed by atoms with Crippen LogP contribution in [0.25, 0.3) is 0 Å². The van der Waals surface area contributed by atoms with E-state index in [0.29, 0.717) is 14.3 Å². The van der Waals surface area contributed by atoms with Crippen LogP contribution in [0.5, 0.6) is 0 Å². The first-order valence-electron chi connectivity index (χ1n) is 9.88. The van der Waals surface area contributed by atoms with Gasteiger partial charge in [0.05, 0.1) is 26.0 Å². The van der Waals surface area contributed by atoms with Crippen LogP contribution in [-0.2, 0) is 19.5 Å². The molecular weight excluding hydrogens is 539 g/mol. The molecule has 4 heterocycles. The maximum Gasteiger partial charge on any atom is 3.00 e. The summed E-state index contributed by atoms with van der Waals surface area (Å²) in [4.78, 5) is 11.9. The van der Waals surface area contributed by atoms with Gasteiger partial charge in [-0.25, -0.2) is 0 Å². The molecule has 1 atom stereocenters. The fraction of sp³-hybridized carbons (Fsp3) is 0.409. The molecule has 5 nitrogen and oxygen atoms in total. The van der Waals surface area contributed by atoms with Crippen LogP contribution in [0.3, 0.4) is 0 Å². The maximum atomic E-state index is 11.8. The SMILES string of the molecule is C1N2CN3CN1CP(C2)C3.C[C@H](N=C([O-])C[C]1[CH][CH][CH][CH][CH]1)c1ccccc1.[Cl-].[Cl-].[Ru+3]. The predicted octanol–water partition coefficient (Wildman–Crippen LogP) is -3.33. The van der Waals surface area contributed by atoms with Crippen LogP contribution in [-0.4, -0.2) is 59.5 Å². The average molecular weight is 567 g/mol. The van der Waals surface area contributed by atoms with E-state index < -0.39 is 0 Å². The molecular formula is C22H28Cl2N4OPRu. The quantitative estimate of drug-likeness (QED) is 0.166. The van der Waals surface area contributed by atoms with E-state index in [1.165, 1.54) is 38.9 Å². The number of hydrogen-bond acceptors (Lipinski definition) is 5. The van der Waals surface area contributed by atoms with Crippen LogP contribution in [0.1, 0.15) is 24.9 Å². The first-order valence-corrected chi connectivity index (χ1v) is 11.8. The van der Waals surface area contributed by atoms with Crippen molar-refractivity contribution in [2.24, 2.45) is 4.99 Å². The Kier molecular flexibility index (Phi) is 13.6. The molecule has 4 saturated heterocycles. The smallest absolute Gasteiger partial charge is 1.00 e. The third-order valence-corrected chi connectivity index (χ3v) is 7.62. The van der Waals surface area contributed by atoms with Gasteiger partial charge in [-0.15, -0.1) is 0 Å². The van der Waals surface area contributed by atoms with Crippen molar-refractivity contribution in [3.05, 3.63) is 73.9 Å². The zero-order chi connectivity index (χ0) is 19.3. The van der Waals surface area contributed by atoms with Crippen molar-refractivity contribution in [1.29, 1.82) is 0 Å². The number of hydrogen-bond donors (Lipinski definition) is 0. The minimum absolute atomic E-state index is 0. The van der Waals surface area contributed by atoms with Gasteiger partial charge in [0.2, 0.25) is 0 Å². The van der Waals surface area contributed by atoms with E-state index in [1.54, 1.807) is 0 Å². The molecule has 1 aliphatic carbocycles. The topological polar surface area (TPSA) is 45.1 Å². The first kappa shape index (κ1) is 29.2. The van der Waals surface area contributed by atoms with Gasteiger partial charge < -0.3 is 29.9 Å². The van der Waals surface area contributed by atoms with Gasteiger partial charge >= 0.3 is 19.5 Å². The maximum absolute atomic E-state index is 11.8. The summed E-state index contributed by atoms with van der Waals surface area (Å²) in [5, 5.41) is 11.8. The summed E-state index contributed by atoms with van der Waals surface area (Å²) in [6, 6.07) is 9.78. The van der Waals surface area contributed by atoms with Crippen LogP contribution >= 0.6 is 7.92 Å². The summed E-state index contributed by atoms with van der Waals surface area (Å²) in [6.07, 6.45) is 14.3. The van der Waals surface area contributed by atoms with E-state index in [2.05, 4.69) is 19.7 Å². The summed E-state index contributed by atoms with van der Waals surface area (Å²) in [7, 11) is 0.366. The summed E-state index contributed by atoms with van der Waals surface area (Å²) >= 11 is 0. The number of benzene rings is 1. The Bertz CT molecular complexity index is 608. The Morgan fingerprint density at radius 3 is 1.94 bits per heavy atom. The molecule has 0 spiro atoms. The van der Waals surface area contributed by atoms with Crippen LogP contribution in [0, 0.1) is 38.0 Å². The Balaban J connectivity index is 0.000000315. The van der Waals surface area contributed by atoms with Gasteiger partial charge in [0.25, 0.3) is 0 Å². The number of halogens is 2. The van der Waals surface area contributed by atoms with Gasteiger partial charge in [0.1, 0.15) is 0 Å². The monoisotopic (exact) mass is 567 g/mol. The molecule has 169 valence electrons. The minimum Gasteiger partial charge on any atom is -1.00 e. The van der Waals surface area contributed by atoms with Crippen LogP contribution in [0.15, 0.2) is 35.3 Å². The number of aliphatic imine (C=N–C) groups is 1. The van der Waals surface area contributed by atoms with E-state index in [4.69, 9.17) is 0 Å². The standard InChI is InChI=1S/C16H17NO.C6H12N3P.2ClH.Ru/c1-13(15-10-6-3-7-11-15)17-16(18)12-14-8-4-2-5-9-14;1-7-2-9-3-8(1)5-10(4-7)6-9;;;/h2-11,13H,12H2,1H3,(H,17,18);1-6H2;2*1H;/q;;;;+3/p-3/t13-;;;;/m0..../s1. The Morgan fingerprint density at radius 2 is 1.45 bits per heavy atom. The molecule has 5 fully saturated rings. The molecule has 4 bridgehead atoms. The number of nitrogens with zero attached hydrogens (tertiary/aromatic N) is 4. The molecule has 31 heavy (non-hydrogen) atoms. The molecule has 1 aromatic carbocycles. The van der Waals surface area contributed by atoms with E-state index in [0.717, 1.165) is 11.5 Å². The largest absolute Gasteiger partial charge is 3.00 e. The average Bonchev–Trinajstić information content (AvgIpc) is 2.69. The second kappa shape index (κ2) is 14.5. The molecule has 1 saturated carbocycles. The zero-order valence-electron chi connectivity index (χ0n) is 17.6. The fourth-order valence-corrected chi connectivity index (χ4v) is 6.57.